The van der Waals surface area contributed by atoms with Crippen molar-refractivity contribution >= 4 is 11.9 Å². The van der Waals surface area contributed by atoms with Crippen LogP contribution in [0.1, 0.15) is 22.3 Å². The number of aliphatic carboxylic acids is 1. The van der Waals surface area contributed by atoms with Crippen molar-refractivity contribution in [2.45, 2.75) is 6.42 Å². The van der Waals surface area contributed by atoms with Crippen LogP contribution in [0.4, 0.5) is 0 Å². The van der Waals surface area contributed by atoms with Gasteiger partial charge in [-0.25, -0.2) is 0 Å². The van der Waals surface area contributed by atoms with Crippen molar-refractivity contribution in [3.05, 3.63) is 29.3 Å². The Bertz CT molecular complexity index is 511. The number of amides is 1. The number of methoxy groups -OCH3 is 1. The Kier molecular flexibility index (Phi) is 4.12. The summed E-state index contributed by atoms with van der Waals surface area (Å²) in [6.45, 7) is 0. The van der Waals surface area contributed by atoms with Crippen LogP contribution in [0.3, 0.4) is 0 Å². The Balaban J connectivity index is 3.09. The predicted octanol–water partition coefficient (Wildman–Crippen LogP) is 0.620. The molecule has 0 aliphatic heterocycles. The molecule has 1 rings (SSSR count). The number of carbonyl (C=O) groups excluding carboxylic acids is 1. The highest BCUT2D eigenvalue weighted by Gasteiger charge is 2.07. The van der Waals surface area contributed by atoms with E-state index in [9.17, 15) is 9.59 Å². The van der Waals surface area contributed by atoms with E-state index in [0.717, 1.165) is 0 Å². The van der Waals surface area contributed by atoms with Crippen molar-refractivity contribution in [3.8, 4) is 17.6 Å². The smallest absolute Gasteiger partial charge is 0.315 e. The number of hydrogen-bond acceptors (Lipinski definition) is 3. The highest BCUT2D eigenvalue weighted by molar-refractivity contribution is 5.96. The van der Waals surface area contributed by atoms with Crippen LogP contribution in [0.2, 0.25) is 0 Å². The van der Waals surface area contributed by atoms with Crippen LogP contribution < -0.4 is 10.5 Å². The van der Waals surface area contributed by atoms with Gasteiger partial charge in [-0.15, -0.1) is 0 Å². The summed E-state index contributed by atoms with van der Waals surface area (Å²) in [5.74, 6) is 3.86. The third-order valence-electron chi connectivity index (χ3n) is 1.95. The van der Waals surface area contributed by atoms with E-state index in [4.69, 9.17) is 15.6 Å². The molecule has 0 aliphatic rings. The van der Waals surface area contributed by atoms with E-state index in [1.165, 1.54) is 13.2 Å². The molecule has 0 atom stereocenters. The van der Waals surface area contributed by atoms with Gasteiger partial charge < -0.3 is 15.6 Å². The lowest BCUT2D eigenvalue weighted by Crippen LogP contribution is -2.13. The Hall–Kier alpha value is -2.48. The Morgan fingerprint density at radius 3 is 2.71 bits per heavy atom. The van der Waals surface area contributed by atoms with E-state index < -0.39 is 11.9 Å². The van der Waals surface area contributed by atoms with E-state index in [2.05, 4.69) is 11.8 Å². The van der Waals surface area contributed by atoms with Crippen LogP contribution in [-0.4, -0.2) is 24.1 Å². The summed E-state index contributed by atoms with van der Waals surface area (Å²) in [5.41, 5.74) is 5.79. The van der Waals surface area contributed by atoms with Gasteiger partial charge in [0.2, 0.25) is 5.91 Å². The number of hydrogen-bond donors (Lipinski definition) is 2. The van der Waals surface area contributed by atoms with Gasteiger partial charge in [0.05, 0.1) is 12.7 Å². The predicted molar refractivity (Wildman–Crippen MR) is 60.6 cm³/mol. The van der Waals surface area contributed by atoms with Crippen molar-refractivity contribution in [3.63, 3.8) is 0 Å². The second-order valence-electron chi connectivity index (χ2n) is 3.15. The van der Waals surface area contributed by atoms with E-state index in [1.54, 1.807) is 12.1 Å². The first-order valence-electron chi connectivity index (χ1n) is 4.73. The molecular weight excluding hydrogens is 222 g/mol. The fourth-order valence-electron chi connectivity index (χ4n) is 1.18. The maximum absolute atomic E-state index is 11.2. The molecule has 5 nitrogen and oxygen atoms in total. The van der Waals surface area contributed by atoms with Crippen molar-refractivity contribution in [2.24, 2.45) is 5.73 Å². The van der Waals surface area contributed by atoms with Gasteiger partial charge in [0.15, 0.2) is 0 Å². The van der Waals surface area contributed by atoms with Gasteiger partial charge in [0.1, 0.15) is 12.2 Å². The first-order chi connectivity index (χ1) is 8.04. The van der Waals surface area contributed by atoms with E-state index >= 15 is 0 Å². The molecule has 3 N–H and O–H groups in total. The van der Waals surface area contributed by atoms with Crippen molar-refractivity contribution in [1.29, 1.82) is 0 Å². The minimum atomic E-state index is -1.02. The second-order valence-corrected chi connectivity index (χ2v) is 3.15. The highest BCUT2D eigenvalue weighted by Crippen LogP contribution is 2.16. The third kappa shape index (κ3) is 3.54. The number of primary amides is 1. The van der Waals surface area contributed by atoms with Gasteiger partial charge in [0.25, 0.3) is 0 Å². The number of carbonyl (C=O) groups is 2. The van der Waals surface area contributed by atoms with Crippen LogP contribution in [-0.2, 0) is 4.79 Å². The van der Waals surface area contributed by atoms with Crippen LogP contribution in [0.5, 0.6) is 5.75 Å². The van der Waals surface area contributed by atoms with Crippen molar-refractivity contribution in [1.82, 2.24) is 0 Å². The normalized spacial score (nSPS) is 9.00. The third-order valence-corrected chi connectivity index (χ3v) is 1.95. The van der Waals surface area contributed by atoms with Crippen LogP contribution in [0.15, 0.2) is 18.2 Å². The molecule has 0 bridgehead atoms. The molecule has 1 amide bonds. The topological polar surface area (TPSA) is 89.6 Å². The second kappa shape index (κ2) is 5.56. The largest absolute Gasteiger partial charge is 0.497 e. The molecule has 0 spiro atoms. The lowest BCUT2D eigenvalue weighted by molar-refractivity contribution is -0.135. The molecule has 1 aromatic rings. The molecule has 0 unspecified atom stereocenters. The van der Waals surface area contributed by atoms with Gasteiger partial charge in [-0.3, -0.25) is 9.59 Å². The quantitative estimate of drug-likeness (QED) is 0.749. The first kappa shape index (κ1) is 12.6. The first-order valence-corrected chi connectivity index (χ1v) is 4.73. The summed E-state index contributed by atoms with van der Waals surface area (Å²) in [7, 11) is 1.47. The summed E-state index contributed by atoms with van der Waals surface area (Å²) >= 11 is 0. The molecule has 0 aliphatic carbocycles. The SMILES string of the molecule is COc1ccc(C#CCC(=O)O)c(C(N)=O)c1. The van der Waals surface area contributed by atoms with Crippen molar-refractivity contribution in [2.75, 3.05) is 7.11 Å². The van der Waals surface area contributed by atoms with Gasteiger partial charge in [-0.05, 0) is 18.2 Å². The fourth-order valence-corrected chi connectivity index (χ4v) is 1.18. The Morgan fingerprint density at radius 1 is 1.47 bits per heavy atom. The zero-order valence-electron chi connectivity index (χ0n) is 9.19. The Morgan fingerprint density at radius 2 is 2.18 bits per heavy atom. The number of carboxylic acid groups (broad SMARTS) is 1. The van der Waals surface area contributed by atoms with Crippen LogP contribution in [0, 0.1) is 11.8 Å². The van der Waals surface area contributed by atoms with Crippen molar-refractivity contribution < 1.29 is 19.4 Å². The molecule has 17 heavy (non-hydrogen) atoms. The van der Waals surface area contributed by atoms with Gasteiger partial charge in [0, 0.05) is 5.56 Å². The lowest BCUT2D eigenvalue weighted by atomic mass is 10.1. The van der Waals surface area contributed by atoms with Crippen LogP contribution >= 0.6 is 0 Å². The number of rotatable bonds is 3. The summed E-state index contributed by atoms with van der Waals surface area (Å²) in [4.78, 5) is 21.5. The average molecular weight is 233 g/mol. The molecule has 5 heteroatoms. The number of carboxylic acids is 1. The molecule has 88 valence electrons. The summed E-state index contributed by atoms with van der Waals surface area (Å²) in [6, 6.07) is 4.65. The van der Waals surface area contributed by atoms with Gasteiger partial charge in [-0.1, -0.05) is 11.8 Å². The Labute approximate surface area is 98.2 Å². The lowest BCUT2D eigenvalue weighted by Gasteiger charge is -2.03. The zero-order chi connectivity index (χ0) is 12.8. The standard InChI is InChI=1S/C12H11NO4/c1-17-9-6-5-8(3-2-4-11(14)15)10(7-9)12(13)16/h5-7H,4H2,1H3,(H2,13,16)(H,14,15). The van der Waals surface area contributed by atoms with E-state index in [1.807, 2.05) is 0 Å². The molecule has 1 aromatic carbocycles. The van der Waals surface area contributed by atoms with E-state index in [-0.39, 0.29) is 12.0 Å². The van der Waals surface area contributed by atoms with E-state index in [0.29, 0.717) is 11.3 Å². The molecule has 0 saturated heterocycles. The molecule has 0 aromatic heterocycles. The molecule has 0 fully saturated rings. The van der Waals surface area contributed by atoms with Crippen LogP contribution in [0.25, 0.3) is 0 Å². The summed E-state index contributed by atoms with van der Waals surface area (Å²) in [5, 5.41) is 8.44. The number of benzene rings is 1. The summed E-state index contributed by atoms with van der Waals surface area (Å²) in [6.07, 6.45) is -0.287. The minimum absolute atomic E-state index is 0.210. The average Bonchev–Trinajstić information content (AvgIpc) is 2.28. The maximum atomic E-state index is 11.2. The monoisotopic (exact) mass is 233 g/mol. The van der Waals surface area contributed by atoms with Gasteiger partial charge in [-0.2, -0.15) is 0 Å². The fraction of sp³-hybridized carbons (Fsp3) is 0.167. The molecule has 0 heterocycles. The molecular formula is C12H11NO4. The highest BCUT2D eigenvalue weighted by atomic mass is 16.5. The number of nitrogens with two attached hydrogens (primary N) is 1. The van der Waals surface area contributed by atoms with Gasteiger partial charge >= 0.3 is 5.97 Å². The minimum Gasteiger partial charge on any atom is -0.497 e. The zero-order valence-corrected chi connectivity index (χ0v) is 9.19. The summed E-state index contributed by atoms with van der Waals surface area (Å²) < 4.78 is 4.95. The molecule has 0 radical (unpaired) electrons. The number of ether oxygens (including phenoxy) is 1. The molecule has 0 saturated carbocycles. The maximum Gasteiger partial charge on any atom is 0.315 e.